The number of nitrogens with one attached hydrogen (secondary N) is 2. The van der Waals surface area contributed by atoms with Crippen molar-refractivity contribution in [3.05, 3.63) is 34.0 Å². The lowest BCUT2D eigenvalue weighted by molar-refractivity contribution is 0.0891. The van der Waals surface area contributed by atoms with Crippen LogP contribution in [0.5, 0.6) is 0 Å². The highest BCUT2D eigenvalue weighted by molar-refractivity contribution is 7.09. The van der Waals surface area contributed by atoms with E-state index in [0.29, 0.717) is 11.7 Å². The molecule has 6 nitrogen and oxygen atoms in total. The van der Waals surface area contributed by atoms with Gasteiger partial charge in [-0.25, -0.2) is 4.98 Å². The fourth-order valence-corrected chi connectivity index (χ4v) is 4.96. The molecular weight excluding hydrogens is 405 g/mol. The minimum atomic E-state index is -0.313. The molecule has 1 aliphatic carbocycles. The Morgan fingerprint density at radius 2 is 2.11 bits per heavy atom. The minimum absolute atomic E-state index is 0. The van der Waals surface area contributed by atoms with Crippen molar-refractivity contribution in [3.8, 4) is 0 Å². The fourth-order valence-electron chi connectivity index (χ4n) is 3.95. The monoisotopic (exact) mass is 431 g/mol. The van der Waals surface area contributed by atoms with E-state index >= 15 is 0 Å². The van der Waals surface area contributed by atoms with Gasteiger partial charge in [0.2, 0.25) is 0 Å². The van der Waals surface area contributed by atoms with Crippen molar-refractivity contribution in [2.24, 2.45) is 0 Å². The second-order valence-corrected chi connectivity index (χ2v) is 8.08. The summed E-state index contributed by atoms with van der Waals surface area (Å²) < 4.78 is 1.94. The molecule has 27 heavy (non-hydrogen) atoms. The summed E-state index contributed by atoms with van der Waals surface area (Å²) in [5, 5.41) is 14.3. The van der Waals surface area contributed by atoms with Crippen molar-refractivity contribution in [3.63, 3.8) is 0 Å². The first-order chi connectivity index (χ1) is 12.2. The largest absolute Gasteiger partial charge is 0.339 e. The van der Waals surface area contributed by atoms with Crippen molar-refractivity contribution >= 4 is 42.1 Å². The maximum atomic E-state index is 12.9. The molecule has 1 atom stereocenters. The van der Waals surface area contributed by atoms with Crippen LogP contribution >= 0.6 is 36.2 Å². The van der Waals surface area contributed by atoms with Crippen LogP contribution in [0.3, 0.4) is 0 Å². The van der Waals surface area contributed by atoms with Crippen LogP contribution < -0.4 is 10.6 Å². The van der Waals surface area contributed by atoms with E-state index in [2.05, 4.69) is 26.1 Å². The zero-order valence-corrected chi connectivity index (χ0v) is 17.9. The predicted molar refractivity (Wildman–Crippen MR) is 112 cm³/mol. The lowest BCUT2D eigenvalue weighted by Crippen LogP contribution is -2.44. The Kier molecular flexibility index (Phi) is 7.68. The number of carbonyl (C=O) groups excluding carboxylic acids is 1. The molecule has 1 aliphatic heterocycles. The second-order valence-electron chi connectivity index (χ2n) is 7.22. The average molecular weight is 432 g/mol. The Balaban J connectivity index is 0.00000131. The topological polar surface area (TPSA) is 71.8 Å². The fraction of sp³-hybridized carbons (Fsp3) is 0.611. The maximum Gasteiger partial charge on any atom is 0.272 e. The van der Waals surface area contributed by atoms with Gasteiger partial charge in [-0.2, -0.15) is 5.10 Å². The standard InChI is InChI=1S/C18H25N5OS.2ClH/c1-13-12-25-17(20-13)18(7-2-3-8-18)21-16(24)15-6-10-23(22-15)14-5-4-9-19-11-14;;/h6,10,12,14,19H,2-5,7-9,11H2,1H3,(H,21,24);2*1H. The van der Waals surface area contributed by atoms with Crippen molar-refractivity contribution < 1.29 is 4.79 Å². The van der Waals surface area contributed by atoms with Crippen LogP contribution in [0.2, 0.25) is 0 Å². The van der Waals surface area contributed by atoms with Gasteiger partial charge in [0, 0.05) is 23.8 Å². The molecule has 0 radical (unpaired) electrons. The van der Waals surface area contributed by atoms with E-state index < -0.39 is 0 Å². The number of aromatic nitrogens is 3. The van der Waals surface area contributed by atoms with Crippen LogP contribution in [0.1, 0.15) is 65.8 Å². The lowest BCUT2D eigenvalue weighted by Gasteiger charge is -2.27. The third-order valence-corrected chi connectivity index (χ3v) is 6.49. The van der Waals surface area contributed by atoms with Gasteiger partial charge in [-0.3, -0.25) is 9.48 Å². The van der Waals surface area contributed by atoms with Gasteiger partial charge in [-0.1, -0.05) is 12.8 Å². The first kappa shape index (κ1) is 22.1. The molecule has 0 bridgehead atoms. The van der Waals surface area contributed by atoms with E-state index in [9.17, 15) is 4.79 Å². The lowest BCUT2D eigenvalue weighted by atomic mass is 9.98. The van der Waals surface area contributed by atoms with Gasteiger partial charge in [0.1, 0.15) is 10.7 Å². The molecule has 1 saturated heterocycles. The number of hydrogen-bond donors (Lipinski definition) is 2. The number of piperidine rings is 1. The molecule has 3 heterocycles. The summed E-state index contributed by atoms with van der Waals surface area (Å²) in [5.74, 6) is -0.0859. The highest BCUT2D eigenvalue weighted by atomic mass is 35.5. The van der Waals surface area contributed by atoms with E-state index in [0.717, 1.165) is 62.3 Å². The van der Waals surface area contributed by atoms with Crippen LogP contribution in [0.25, 0.3) is 0 Å². The SMILES string of the molecule is Cc1csc(C2(NC(=O)c3ccn(C4CCCNC4)n3)CCCC2)n1.Cl.Cl. The normalized spacial score (nSPS) is 21.1. The molecule has 1 amide bonds. The molecule has 9 heteroatoms. The summed E-state index contributed by atoms with van der Waals surface area (Å²) in [6.45, 7) is 4.00. The quantitative estimate of drug-likeness (QED) is 0.774. The van der Waals surface area contributed by atoms with Crippen LogP contribution in [-0.4, -0.2) is 33.8 Å². The molecule has 2 aromatic rings. The average Bonchev–Trinajstić information content (AvgIpc) is 3.36. The van der Waals surface area contributed by atoms with Crippen LogP contribution in [0, 0.1) is 6.92 Å². The Bertz CT molecular complexity index is 751. The molecule has 1 unspecified atom stereocenters. The molecule has 4 rings (SSSR count). The van der Waals surface area contributed by atoms with Gasteiger partial charge >= 0.3 is 0 Å². The summed E-state index contributed by atoms with van der Waals surface area (Å²) in [5.41, 5.74) is 1.21. The molecule has 2 aliphatic rings. The Morgan fingerprint density at radius 3 is 2.74 bits per heavy atom. The molecule has 150 valence electrons. The predicted octanol–water partition coefficient (Wildman–Crippen LogP) is 3.62. The number of carbonyl (C=O) groups is 1. The number of nitrogens with zero attached hydrogens (tertiary/aromatic N) is 3. The number of thiazole rings is 1. The number of halogens is 2. The minimum Gasteiger partial charge on any atom is -0.339 e. The van der Waals surface area contributed by atoms with Crippen LogP contribution in [0.4, 0.5) is 0 Å². The zero-order chi connectivity index (χ0) is 17.3. The van der Waals surface area contributed by atoms with Crippen LogP contribution in [0.15, 0.2) is 17.6 Å². The Morgan fingerprint density at radius 1 is 1.33 bits per heavy atom. The van der Waals surface area contributed by atoms with Gasteiger partial charge in [-0.05, 0) is 45.2 Å². The third kappa shape index (κ3) is 4.65. The van der Waals surface area contributed by atoms with Crippen molar-refractivity contribution in [2.75, 3.05) is 13.1 Å². The van der Waals surface area contributed by atoms with E-state index in [4.69, 9.17) is 0 Å². The summed E-state index contributed by atoms with van der Waals surface area (Å²) in [4.78, 5) is 17.5. The number of amides is 1. The molecular formula is C18H27Cl2N5OS. The molecule has 2 N–H and O–H groups in total. The molecule has 0 spiro atoms. The zero-order valence-electron chi connectivity index (χ0n) is 15.4. The molecule has 1 saturated carbocycles. The highest BCUT2D eigenvalue weighted by Gasteiger charge is 2.40. The van der Waals surface area contributed by atoms with Gasteiger partial charge in [0.15, 0.2) is 0 Å². The van der Waals surface area contributed by atoms with Crippen molar-refractivity contribution in [1.29, 1.82) is 0 Å². The summed E-state index contributed by atoms with van der Waals surface area (Å²) in [6.07, 6.45) is 8.36. The van der Waals surface area contributed by atoms with Crippen molar-refractivity contribution in [2.45, 2.75) is 57.0 Å². The summed E-state index contributed by atoms with van der Waals surface area (Å²) in [6, 6.07) is 2.18. The van der Waals surface area contributed by atoms with Crippen LogP contribution in [-0.2, 0) is 5.54 Å². The van der Waals surface area contributed by atoms with Gasteiger partial charge < -0.3 is 10.6 Å². The summed E-state index contributed by atoms with van der Waals surface area (Å²) >= 11 is 1.65. The third-order valence-electron chi connectivity index (χ3n) is 5.32. The number of hydrogen-bond acceptors (Lipinski definition) is 5. The van der Waals surface area contributed by atoms with Crippen molar-refractivity contribution in [1.82, 2.24) is 25.4 Å². The molecule has 2 fully saturated rings. The first-order valence-electron chi connectivity index (χ1n) is 9.17. The van der Waals surface area contributed by atoms with E-state index in [1.54, 1.807) is 11.3 Å². The van der Waals surface area contributed by atoms with E-state index in [-0.39, 0.29) is 36.3 Å². The first-order valence-corrected chi connectivity index (χ1v) is 10.1. The number of aryl methyl sites for hydroxylation is 1. The number of rotatable bonds is 4. The Hall–Kier alpha value is -1.15. The molecule has 0 aromatic carbocycles. The van der Waals surface area contributed by atoms with E-state index in [1.807, 2.05) is 23.9 Å². The van der Waals surface area contributed by atoms with E-state index in [1.165, 1.54) is 0 Å². The highest BCUT2D eigenvalue weighted by Crippen LogP contribution is 2.40. The maximum absolute atomic E-state index is 12.9. The smallest absolute Gasteiger partial charge is 0.272 e. The van der Waals surface area contributed by atoms with Gasteiger partial charge in [-0.15, -0.1) is 36.2 Å². The molecule has 2 aromatic heterocycles. The van der Waals surface area contributed by atoms with Gasteiger partial charge in [0.25, 0.3) is 5.91 Å². The summed E-state index contributed by atoms with van der Waals surface area (Å²) in [7, 11) is 0. The van der Waals surface area contributed by atoms with Gasteiger partial charge in [0.05, 0.1) is 11.6 Å². The Labute approximate surface area is 176 Å². The second kappa shape index (κ2) is 9.37.